The summed E-state index contributed by atoms with van der Waals surface area (Å²) >= 11 is 0. The fraction of sp³-hybridized carbons (Fsp3) is 0.462. The minimum Gasteiger partial charge on any atom is -0.494 e. The summed E-state index contributed by atoms with van der Waals surface area (Å²) in [7, 11) is 1.55. The summed E-state index contributed by atoms with van der Waals surface area (Å²) in [6.45, 7) is 4.51. The summed E-state index contributed by atoms with van der Waals surface area (Å²) in [4.78, 5) is 21.3. The number of carbonyl (C=O) groups excluding carboxylic acids is 1. The molecule has 0 spiro atoms. The van der Waals surface area contributed by atoms with E-state index >= 15 is 0 Å². The Morgan fingerprint density at radius 1 is 1.39 bits per heavy atom. The molecule has 0 saturated carbocycles. The molecule has 1 aromatic carbocycles. The largest absolute Gasteiger partial charge is 0.494 e. The number of hydrogen-bond acceptors (Lipinski definition) is 5. The molecule has 0 aliphatic rings. The second-order valence-electron chi connectivity index (χ2n) is 3.69. The maximum atomic E-state index is 11.7. The molecule has 0 N–H and O–H groups in total. The SMILES string of the molecule is CCOc1cccc(C(=O)OOC(C)COC)c1. The molecule has 18 heavy (non-hydrogen) atoms. The van der Waals surface area contributed by atoms with Crippen LogP contribution >= 0.6 is 0 Å². The van der Waals surface area contributed by atoms with Crippen molar-refractivity contribution in [3.8, 4) is 5.75 Å². The second-order valence-corrected chi connectivity index (χ2v) is 3.69. The van der Waals surface area contributed by atoms with Crippen molar-refractivity contribution in [2.75, 3.05) is 20.3 Å². The van der Waals surface area contributed by atoms with Gasteiger partial charge in [0.1, 0.15) is 11.9 Å². The van der Waals surface area contributed by atoms with Gasteiger partial charge >= 0.3 is 5.97 Å². The minimum absolute atomic E-state index is 0.311. The molecule has 0 aliphatic heterocycles. The zero-order chi connectivity index (χ0) is 13.4. The van der Waals surface area contributed by atoms with Gasteiger partial charge in [-0.1, -0.05) is 6.07 Å². The predicted octanol–water partition coefficient (Wildman–Crippen LogP) is 2.21. The molecule has 0 saturated heterocycles. The maximum Gasteiger partial charge on any atom is 0.373 e. The lowest BCUT2D eigenvalue weighted by molar-refractivity contribution is -0.276. The summed E-state index contributed by atoms with van der Waals surface area (Å²) in [5.41, 5.74) is 0.380. The molecule has 0 aromatic heterocycles. The number of rotatable bonds is 7. The Balaban J connectivity index is 2.53. The third-order valence-electron chi connectivity index (χ3n) is 2.07. The van der Waals surface area contributed by atoms with Gasteiger partial charge in [-0.05, 0) is 32.0 Å². The average molecular weight is 254 g/mol. The number of carbonyl (C=O) groups is 1. The molecule has 0 amide bonds. The lowest BCUT2D eigenvalue weighted by Crippen LogP contribution is -2.18. The van der Waals surface area contributed by atoms with Gasteiger partial charge in [-0.25, -0.2) is 4.79 Å². The van der Waals surface area contributed by atoms with E-state index in [1.54, 1.807) is 38.3 Å². The third-order valence-corrected chi connectivity index (χ3v) is 2.07. The molecule has 100 valence electrons. The van der Waals surface area contributed by atoms with Crippen LogP contribution in [0.25, 0.3) is 0 Å². The molecule has 1 unspecified atom stereocenters. The Morgan fingerprint density at radius 3 is 2.83 bits per heavy atom. The molecule has 1 atom stereocenters. The highest BCUT2D eigenvalue weighted by molar-refractivity contribution is 5.89. The summed E-state index contributed by atoms with van der Waals surface area (Å²) < 4.78 is 10.1. The highest BCUT2D eigenvalue weighted by atomic mass is 17.2. The summed E-state index contributed by atoms with van der Waals surface area (Å²) in [6, 6.07) is 6.74. The van der Waals surface area contributed by atoms with Gasteiger partial charge in [0, 0.05) is 7.11 Å². The summed E-state index contributed by atoms with van der Waals surface area (Å²) in [6.07, 6.45) is -0.311. The van der Waals surface area contributed by atoms with Gasteiger partial charge in [0.25, 0.3) is 0 Å². The smallest absolute Gasteiger partial charge is 0.373 e. The van der Waals surface area contributed by atoms with Crippen LogP contribution in [0.1, 0.15) is 24.2 Å². The first kappa shape index (κ1) is 14.5. The molecule has 0 bridgehead atoms. The van der Waals surface area contributed by atoms with Gasteiger partial charge in [-0.3, -0.25) is 4.89 Å². The molecule has 0 fully saturated rings. The van der Waals surface area contributed by atoms with Crippen molar-refractivity contribution in [3.63, 3.8) is 0 Å². The van der Waals surface area contributed by atoms with Gasteiger partial charge in [0.05, 0.1) is 18.8 Å². The van der Waals surface area contributed by atoms with Crippen LogP contribution in [0.15, 0.2) is 24.3 Å². The Kier molecular flexibility index (Phi) is 6.18. The van der Waals surface area contributed by atoms with E-state index in [-0.39, 0.29) is 6.10 Å². The number of hydrogen-bond donors (Lipinski definition) is 0. The molecular weight excluding hydrogens is 236 g/mol. The van der Waals surface area contributed by atoms with Crippen molar-refractivity contribution < 1.29 is 24.0 Å². The molecule has 5 nitrogen and oxygen atoms in total. The first-order valence-electron chi connectivity index (χ1n) is 5.76. The van der Waals surface area contributed by atoms with Crippen molar-refractivity contribution in [1.82, 2.24) is 0 Å². The zero-order valence-electron chi connectivity index (χ0n) is 10.8. The summed E-state index contributed by atoms with van der Waals surface area (Å²) in [5, 5.41) is 0. The lowest BCUT2D eigenvalue weighted by Gasteiger charge is -2.10. The van der Waals surface area contributed by atoms with Crippen molar-refractivity contribution in [2.24, 2.45) is 0 Å². The van der Waals surface area contributed by atoms with Crippen LogP contribution in [-0.4, -0.2) is 32.4 Å². The van der Waals surface area contributed by atoms with Crippen molar-refractivity contribution in [3.05, 3.63) is 29.8 Å². The van der Waals surface area contributed by atoms with Crippen LogP contribution in [0.2, 0.25) is 0 Å². The molecule has 1 rings (SSSR count). The highest BCUT2D eigenvalue weighted by Crippen LogP contribution is 2.14. The Labute approximate surface area is 107 Å². The van der Waals surface area contributed by atoms with Crippen LogP contribution in [0.4, 0.5) is 0 Å². The Hall–Kier alpha value is -1.59. The first-order valence-corrected chi connectivity index (χ1v) is 5.76. The highest BCUT2D eigenvalue weighted by Gasteiger charge is 2.12. The molecule has 0 radical (unpaired) electrons. The van der Waals surface area contributed by atoms with Crippen LogP contribution in [0.5, 0.6) is 5.75 Å². The number of benzene rings is 1. The van der Waals surface area contributed by atoms with Crippen LogP contribution in [0, 0.1) is 0 Å². The molecule has 0 heterocycles. The normalized spacial score (nSPS) is 11.9. The van der Waals surface area contributed by atoms with E-state index in [2.05, 4.69) is 0 Å². The van der Waals surface area contributed by atoms with Crippen LogP contribution in [0.3, 0.4) is 0 Å². The monoisotopic (exact) mass is 254 g/mol. The quantitative estimate of drug-likeness (QED) is 0.551. The Bertz CT molecular complexity index is 377. The van der Waals surface area contributed by atoms with Gasteiger partial charge < -0.3 is 9.47 Å². The molecular formula is C13H18O5. The van der Waals surface area contributed by atoms with Gasteiger partial charge in [-0.2, -0.15) is 4.89 Å². The molecule has 0 aliphatic carbocycles. The van der Waals surface area contributed by atoms with Gasteiger partial charge in [-0.15, -0.1) is 0 Å². The van der Waals surface area contributed by atoms with Crippen molar-refractivity contribution >= 4 is 5.97 Å². The standard InChI is InChI=1S/C13H18O5/c1-4-16-12-7-5-6-11(8-12)13(14)18-17-10(2)9-15-3/h5-8,10H,4,9H2,1-3H3. The van der Waals surface area contributed by atoms with E-state index in [9.17, 15) is 4.79 Å². The van der Waals surface area contributed by atoms with Gasteiger partial charge in [0.15, 0.2) is 0 Å². The fourth-order valence-electron chi connectivity index (χ4n) is 1.32. The second kappa shape index (κ2) is 7.68. The van der Waals surface area contributed by atoms with E-state index < -0.39 is 5.97 Å². The fourth-order valence-corrected chi connectivity index (χ4v) is 1.32. The predicted molar refractivity (Wildman–Crippen MR) is 65.4 cm³/mol. The topological polar surface area (TPSA) is 54.0 Å². The van der Waals surface area contributed by atoms with Crippen molar-refractivity contribution in [2.45, 2.75) is 20.0 Å². The van der Waals surface area contributed by atoms with E-state index in [1.807, 2.05) is 6.92 Å². The van der Waals surface area contributed by atoms with E-state index in [4.69, 9.17) is 19.2 Å². The van der Waals surface area contributed by atoms with Crippen LogP contribution in [-0.2, 0) is 14.5 Å². The first-order chi connectivity index (χ1) is 8.67. The lowest BCUT2D eigenvalue weighted by atomic mass is 10.2. The Morgan fingerprint density at radius 2 is 2.17 bits per heavy atom. The average Bonchev–Trinajstić information content (AvgIpc) is 2.37. The van der Waals surface area contributed by atoms with Crippen molar-refractivity contribution in [1.29, 1.82) is 0 Å². The minimum atomic E-state index is -0.556. The van der Waals surface area contributed by atoms with Crippen LogP contribution < -0.4 is 4.74 Å². The van der Waals surface area contributed by atoms with E-state index in [0.717, 1.165) is 0 Å². The van der Waals surface area contributed by atoms with E-state index in [1.165, 1.54) is 0 Å². The molecule has 5 heteroatoms. The number of methoxy groups -OCH3 is 1. The molecule has 1 aromatic rings. The van der Waals surface area contributed by atoms with E-state index in [0.29, 0.717) is 24.5 Å². The third kappa shape index (κ3) is 4.73. The van der Waals surface area contributed by atoms with Gasteiger partial charge in [0.2, 0.25) is 0 Å². The summed E-state index contributed by atoms with van der Waals surface area (Å²) in [5.74, 6) is 0.0661. The maximum absolute atomic E-state index is 11.7. The number of ether oxygens (including phenoxy) is 2. The zero-order valence-corrected chi connectivity index (χ0v) is 10.8.